The molecule has 0 atom stereocenters. The van der Waals surface area contributed by atoms with Crippen LogP contribution in [0.3, 0.4) is 0 Å². The number of hydrogen-bond donors (Lipinski definition) is 2. The van der Waals surface area contributed by atoms with Crippen LogP contribution in [0.15, 0.2) is 10.5 Å². The highest BCUT2D eigenvalue weighted by molar-refractivity contribution is 9.10. The molecule has 0 unspecified atom stereocenters. The number of benzene rings is 1. The van der Waals surface area contributed by atoms with Gasteiger partial charge in [0.2, 0.25) is 0 Å². The Bertz CT molecular complexity index is 506. The number of phenols is 1. The summed E-state index contributed by atoms with van der Waals surface area (Å²) in [4.78, 5) is 11.5. The number of aliphatic carboxylic acids is 1. The van der Waals surface area contributed by atoms with Gasteiger partial charge in [0.15, 0.2) is 11.5 Å². The van der Waals surface area contributed by atoms with Crippen molar-refractivity contribution in [2.45, 2.75) is 31.6 Å². The maximum absolute atomic E-state index is 11.5. The van der Waals surface area contributed by atoms with Gasteiger partial charge in [0.05, 0.1) is 12.5 Å². The first-order chi connectivity index (χ1) is 8.44. The third-order valence-corrected chi connectivity index (χ3v) is 4.60. The predicted molar refractivity (Wildman–Crippen MR) is 70.3 cm³/mol. The van der Waals surface area contributed by atoms with E-state index in [1.54, 1.807) is 13.0 Å². The topological polar surface area (TPSA) is 66.8 Å². The Labute approximate surface area is 114 Å². The molecule has 0 saturated heterocycles. The van der Waals surface area contributed by atoms with Crippen LogP contribution in [0.1, 0.15) is 30.4 Å². The summed E-state index contributed by atoms with van der Waals surface area (Å²) in [6.07, 6.45) is 1.96. The van der Waals surface area contributed by atoms with Gasteiger partial charge in [-0.2, -0.15) is 0 Å². The molecule has 1 aromatic rings. The minimum atomic E-state index is -0.965. The molecule has 2 N–H and O–H groups in total. The molecular formula is C13H15BrO4. The summed E-state index contributed by atoms with van der Waals surface area (Å²) in [5.74, 6) is -0.603. The van der Waals surface area contributed by atoms with E-state index in [4.69, 9.17) is 4.74 Å². The number of carboxylic acids is 1. The first-order valence-electron chi connectivity index (χ1n) is 5.74. The molecule has 18 heavy (non-hydrogen) atoms. The fourth-order valence-electron chi connectivity index (χ4n) is 2.46. The Balaban J connectivity index is 2.65. The lowest BCUT2D eigenvalue weighted by Crippen LogP contribution is -2.42. The first kappa shape index (κ1) is 13.2. The van der Waals surface area contributed by atoms with Crippen LogP contribution >= 0.6 is 15.9 Å². The largest absolute Gasteiger partial charge is 0.504 e. The summed E-state index contributed by atoms with van der Waals surface area (Å²) in [6.45, 7) is 1.81. The number of carboxylic acid groups (broad SMARTS) is 1. The summed E-state index contributed by atoms with van der Waals surface area (Å²) in [6, 6.07) is 1.69. The average Bonchev–Trinajstić information content (AvgIpc) is 2.24. The Morgan fingerprint density at radius 3 is 2.50 bits per heavy atom. The molecule has 0 amide bonds. The van der Waals surface area contributed by atoms with Gasteiger partial charge in [0.25, 0.3) is 0 Å². The van der Waals surface area contributed by atoms with Crippen molar-refractivity contribution < 1.29 is 19.7 Å². The molecule has 4 nitrogen and oxygen atoms in total. The van der Waals surface area contributed by atoms with E-state index < -0.39 is 11.4 Å². The lowest BCUT2D eigenvalue weighted by atomic mass is 9.64. The van der Waals surface area contributed by atoms with Crippen molar-refractivity contribution in [3.05, 3.63) is 21.7 Å². The zero-order valence-electron chi connectivity index (χ0n) is 10.3. The highest BCUT2D eigenvalue weighted by Crippen LogP contribution is 2.51. The van der Waals surface area contributed by atoms with Crippen LogP contribution in [-0.2, 0) is 10.2 Å². The Hall–Kier alpha value is -1.23. The summed E-state index contributed by atoms with van der Waals surface area (Å²) in [5, 5.41) is 19.7. The van der Waals surface area contributed by atoms with E-state index in [0.29, 0.717) is 24.2 Å². The van der Waals surface area contributed by atoms with Crippen molar-refractivity contribution in [3.8, 4) is 11.5 Å². The highest BCUT2D eigenvalue weighted by Gasteiger charge is 2.48. The molecule has 5 heteroatoms. The molecular weight excluding hydrogens is 300 g/mol. The molecule has 0 aliphatic heterocycles. The maximum atomic E-state index is 11.5. The minimum absolute atomic E-state index is 0.0553. The summed E-state index contributed by atoms with van der Waals surface area (Å²) >= 11 is 3.38. The second-order valence-corrected chi connectivity index (χ2v) is 5.51. The van der Waals surface area contributed by atoms with Gasteiger partial charge >= 0.3 is 5.97 Å². The van der Waals surface area contributed by atoms with Crippen LogP contribution in [-0.4, -0.2) is 23.3 Å². The van der Waals surface area contributed by atoms with E-state index in [0.717, 1.165) is 16.5 Å². The van der Waals surface area contributed by atoms with E-state index >= 15 is 0 Å². The number of carbonyl (C=O) groups is 1. The molecule has 1 saturated carbocycles. The van der Waals surface area contributed by atoms with Gasteiger partial charge in [-0.15, -0.1) is 0 Å². The highest BCUT2D eigenvalue weighted by atomic mass is 79.9. The van der Waals surface area contributed by atoms with Crippen LogP contribution in [0, 0.1) is 6.92 Å². The Morgan fingerprint density at radius 1 is 1.50 bits per heavy atom. The van der Waals surface area contributed by atoms with Crippen LogP contribution in [0.25, 0.3) is 0 Å². The van der Waals surface area contributed by atoms with Gasteiger partial charge in [-0.05, 0) is 25.8 Å². The zero-order chi connectivity index (χ0) is 13.5. The third kappa shape index (κ3) is 1.68. The van der Waals surface area contributed by atoms with Gasteiger partial charge in [-0.1, -0.05) is 22.4 Å². The number of methoxy groups -OCH3 is 1. The SMILES string of the molecule is COc1c(C)c(Br)cc(C2(C(=O)O)CCC2)c1O. The molecule has 2 rings (SSSR count). The van der Waals surface area contributed by atoms with Gasteiger partial charge in [0, 0.05) is 15.6 Å². The number of aromatic hydroxyl groups is 1. The number of rotatable bonds is 3. The van der Waals surface area contributed by atoms with Gasteiger partial charge in [-0.25, -0.2) is 0 Å². The zero-order valence-corrected chi connectivity index (χ0v) is 11.9. The number of hydrogen-bond acceptors (Lipinski definition) is 3. The molecule has 0 bridgehead atoms. The number of phenolic OH excluding ortho intramolecular Hbond substituents is 1. The van der Waals surface area contributed by atoms with Gasteiger partial charge in [-0.3, -0.25) is 4.79 Å². The van der Waals surface area contributed by atoms with Crippen molar-refractivity contribution in [1.29, 1.82) is 0 Å². The second-order valence-electron chi connectivity index (χ2n) is 4.65. The smallest absolute Gasteiger partial charge is 0.314 e. The normalized spacial score (nSPS) is 17.1. The molecule has 0 radical (unpaired) electrons. The second kappa shape index (κ2) is 4.46. The van der Waals surface area contributed by atoms with Gasteiger partial charge in [0.1, 0.15) is 0 Å². The molecule has 1 aromatic carbocycles. The van der Waals surface area contributed by atoms with Crippen LogP contribution in [0.4, 0.5) is 0 Å². The van der Waals surface area contributed by atoms with Crippen LogP contribution in [0.2, 0.25) is 0 Å². The van der Waals surface area contributed by atoms with E-state index in [1.807, 2.05) is 0 Å². The van der Waals surface area contributed by atoms with E-state index in [2.05, 4.69) is 15.9 Å². The van der Waals surface area contributed by atoms with Crippen molar-refractivity contribution in [2.75, 3.05) is 7.11 Å². The maximum Gasteiger partial charge on any atom is 0.314 e. The molecule has 1 fully saturated rings. The standard InChI is InChI=1S/C13H15BrO4/c1-7-9(14)6-8(10(15)11(7)18-2)13(12(16)17)4-3-5-13/h6,15H,3-5H2,1-2H3,(H,16,17). The molecule has 0 aromatic heterocycles. The fraction of sp³-hybridized carbons (Fsp3) is 0.462. The lowest BCUT2D eigenvalue weighted by Gasteiger charge is -2.38. The minimum Gasteiger partial charge on any atom is -0.504 e. The first-order valence-corrected chi connectivity index (χ1v) is 6.53. The quantitative estimate of drug-likeness (QED) is 0.900. The molecule has 98 valence electrons. The number of ether oxygens (including phenoxy) is 1. The monoisotopic (exact) mass is 314 g/mol. The van der Waals surface area contributed by atoms with E-state index in [-0.39, 0.29) is 5.75 Å². The van der Waals surface area contributed by atoms with E-state index in [1.165, 1.54) is 7.11 Å². The van der Waals surface area contributed by atoms with Crippen molar-refractivity contribution in [2.24, 2.45) is 0 Å². The van der Waals surface area contributed by atoms with Crippen LogP contribution in [0.5, 0.6) is 11.5 Å². The summed E-state index contributed by atoms with van der Waals surface area (Å²) in [5.41, 5.74) is 0.238. The van der Waals surface area contributed by atoms with Crippen molar-refractivity contribution >= 4 is 21.9 Å². The fourth-order valence-corrected chi connectivity index (χ4v) is 2.86. The summed E-state index contributed by atoms with van der Waals surface area (Å²) < 4.78 is 5.92. The molecule has 0 heterocycles. The van der Waals surface area contributed by atoms with E-state index in [9.17, 15) is 15.0 Å². The van der Waals surface area contributed by atoms with Crippen LogP contribution < -0.4 is 4.74 Å². The lowest BCUT2D eigenvalue weighted by molar-refractivity contribution is -0.147. The molecule has 0 spiro atoms. The van der Waals surface area contributed by atoms with Crippen molar-refractivity contribution in [1.82, 2.24) is 0 Å². The van der Waals surface area contributed by atoms with Crippen molar-refractivity contribution in [3.63, 3.8) is 0 Å². The Kier molecular flexibility index (Phi) is 3.27. The molecule has 1 aliphatic carbocycles. The predicted octanol–water partition coefficient (Wildman–Crippen LogP) is 2.98. The summed E-state index contributed by atoms with van der Waals surface area (Å²) in [7, 11) is 1.46. The number of halogens is 1. The average molecular weight is 315 g/mol. The molecule has 1 aliphatic rings. The Morgan fingerprint density at radius 2 is 2.11 bits per heavy atom. The van der Waals surface area contributed by atoms with Gasteiger partial charge < -0.3 is 14.9 Å². The third-order valence-electron chi connectivity index (χ3n) is 3.78.